The first kappa shape index (κ1) is 18.9. The number of aromatic nitrogens is 1. The van der Waals surface area contributed by atoms with Crippen LogP contribution in [0.2, 0.25) is 0 Å². The summed E-state index contributed by atoms with van der Waals surface area (Å²) in [6.07, 6.45) is 6.49. The third kappa shape index (κ3) is 3.84. The van der Waals surface area contributed by atoms with Crippen LogP contribution in [-0.2, 0) is 0 Å². The molecule has 1 N–H and O–H groups in total. The molecule has 5 nitrogen and oxygen atoms in total. The van der Waals surface area contributed by atoms with E-state index in [0.717, 1.165) is 61.2 Å². The molecule has 1 saturated carbocycles. The van der Waals surface area contributed by atoms with Crippen LogP contribution in [0, 0.1) is 0 Å². The van der Waals surface area contributed by atoms with Gasteiger partial charge in [-0.3, -0.25) is 4.79 Å². The summed E-state index contributed by atoms with van der Waals surface area (Å²) in [4.78, 5) is 22.3. The van der Waals surface area contributed by atoms with E-state index in [1.165, 1.54) is 18.5 Å². The van der Waals surface area contributed by atoms with Crippen molar-refractivity contribution in [3.63, 3.8) is 0 Å². The van der Waals surface area contributed by atoms with Crippen molar-refractivity contribution < 1.29 is 4.79 Å². The SMILES string of the molecule is O=C(NC1CCCC1)c1ccc2ccnc(N3CCN(c4ccccc4)CC3)c2c1. The Bertz CT molecular complexity index is 1020. The number of nitrogens with one attached hydrogen (secondary N) is 1. The van der Waals surface area contributed by atoms with Gasteiger partial charge in [0.1, 0.15) is 5.82 Å². The number of para-hydroxylation sites is 1. The lowest BCUT2D eigenvalue weighted by Crippen LogP contribution is -2.46. The lowest BCUT2D eigenvalue weighted by molar-refractivity contribution is 0.0938. The average molecular weight is 401 g/mol. The molecular weight excluding hydrogens is 372 g/mol. The quantitative estimate of drug-likeness (QED) is 0.712. The summed E-state index contributed by atoms with van der Waals surface area (Å²) in [5.74, 6) is 1.02. The molecule has 2 aromatic carbocycles. The van der Waals surface area contributed by atoms with Crippen molar-refractivity contribution >= 4 is 28.2 Å². The van der Waals surface area contributed by atoms with Crippen LogP contribution >= 0.6 is 0 Å². The molecule has 2 fully saturated rings. The normalized spacial score (nSPS) is 17.5. The molecule has 2 aliphatic rings. The Labute approximate surface area is 177 Å². The zero-order valence-electron chi connectivity index (χ0n) is 17.3. The summed E-state index contributed by atoms with van der Waals surface area (Å²) in [6, 6.07) is 18.9. The van der Waals surface area contributed by atoms with E-state index >= 15 is 0 Å². The first-order chi connectivity index (χ1) is 14.8. The Morgan fingerprint density at radius 2 is 1.63 bits per heavy atom. The second kappa shape index (κ2) is 8.34. The minimum absolute atomic E-state index is 0.0347. The number of hydrogen-bond donors (Lipinski definition) is 1. The highest BCUT2D eigenvalue weighted by molar-refractivity contribution is 6.01. The average Bonchev–Trinajstić information content (AvgIpc) is 3.32. The number of carbonyl (C=O) groups is 1. The lowest BCUT2D eigenvalue weighted by Gasteiger charge is -2.37. The van der Waals surface area contributed by atoms with Crippen molar-refractivity contribution in [1.82, 2.24) is 10.3 Å². The van der Waals surface area contributed by atoms with Crippen LogP contribution in [0.4, 0.5) is 11.5 Å². The number of benzene rings is 2. The molecule has 0 bridgehead atoms. The number of nitrogens with zero attached hydrogens (tertiary/aromatic N) is 3. The van der Waals surface area contributed by atoms with Gasteiger partial charge in [-0.25, -0.2) is 4.98 Å². The smallest absolute Gasteiger partial charge is 0.251 e. The Kier molecular flexibility index (Phi) is 5.26. The monoisotopic (exact) mass is 400 g/mol. The molecule has 30 heavy (non-hydrogen) atoms. The summed E-state index contributed by atoms with van der Waals surface area (Å²) >= 11 is 0. The highest BCUT2D eigenvalue weighted by Crippen LogP contribution is 2.28. The van der Waals surface area contributed by atoms with Crippen molar-refractivity contribution in [2.45, 2.75) is 31.7 Å². The molecule has 5 rings (SSSR count). The minimum atomic E-state index is 0.0347. The Hall–Kier alpha value is -3.08. The van der Waals surface area contributed by atoms with Crippen LogP contribution in [0.3, 0.4) is 0 Å². The number of piperazine rings is 1. The van der Waals surface area contributed by atoms with Crippen LogP contribution in [-0.4, -0.2) is 43.1 Å². The van der Waals surface area contributed by atoms with Gasteiger partial charge in [-0.1, -0.05) is 37.1 Å². The van der Waals surface area contributed by atoms with Gasteiger partial charge < -0.3 is 15.1 Å². The molecule has 0 atom stereocenters. The van der Waals surface area contributed by atoms with Crippen molar-refractivity contribution in [2.75, 3.05) is 36.0 Å². The summed E-state index contributed by atoms with van der Waals surface area (Å²) in [5, 5.41) is 5.39. The Balaban J connectivity index is 1.36. The van der Waals surface area contributed by atoms with Crippen LogP contribution < -0.4 is 15.1 Å². The Morgan fingerprint density at radius 3 is 2.40 bits per heavy atom. The highest BCUT2D eigenvalue weighted by atomic mass is 16.1. The number of pyridine rings is 1. The zero-order valence-corrected chi connectivity index (χ0v) is 17.3. The van der Waals surface area contributed by atoms with Gasteiger partial charge in [-0.2, -0.15) is 0 Å². The van der Waals surface area contributed by atoms with Crippen molar-refractivity contribution in [3.8, 4) is 0 Å². The van der Waals surface area contributed by atoms with Gasteiger partial charge in [0.15, 0.2) is 0 Å². The number of hydrogen-bond acceptors (Lipinski definition) is 4. The number of anilines is 2. The van der Waals surface area contributed by atoms with Gasteiger partial charge in [0.2, 0.25) is 0 Å². The summed E-state index contributed by atoms with van der Waals surface area (Å²) < 4.78 is 0. The molecule has 1 aliphatic heterocycles. The maximum absolute atomic E-state index is 12.8. The molecule has 2 heterocycles. The fourth-order valence-corrected chi connectivity index (χ4v) is 4.70. The van der Waals surface area contributed by atoms with Crippen molar-refractivity contribution in [3.05, 3.63) is 66.4 Å². The molecule has 1 aliphatic carbocycles. The van der Waals surface area contributed by atoms with Crippen molar-refractivity contribution in [2.24, 2.45) is 0 Å². The maximum Gasteiger partial charge on any atom is 0.251 e. The first-order valence-corrected chi connectivity index (χ1v) is 11.0. The number of carbonyl (C=O) groups excluding carboxylic acids is 1. The molecule has 0 unspecified atom stereocenters. The molecule has 3 aromatic rings. The van der Waals surface area contributed by atoms with E-state index in [2.05, 4.69) is 45.4 Å². The van der Waals surface area contributed by atoms with Crippen LogP contribution in [0.1, 0.15) is 36.0 Å². The Morgan fingerprint density at radius 1 is 0.900 bits per heavy atom. The van der Waals surface area contributed by atoms with E-state index in [-0.39, 0.29) is 5.91 Å². The highest BCUT2D eigenvalue weighted by Gasteiger charge is 2.21. The molecule has 5 heteroatoms. The fourth-order valence-electron chi connectivity index (χ4n) is 4.70. The topological polar surface area (TPSA) is 48.5 Å². The number of rotatable bonds is 4. The molecule has 1 amide bonds. The van der Waals surface area contributed by atoms with E-state index in [0.29, 0.717) is 6.04 Å². The molecule has 0 spiro atoms. The summed E-state index contributed by atoms with van der Waals surface area (Å²) in [5.41, 5.74) is 2.00. The molecule has 154 valence electrons. The predicted molar refractivity (Wildman–Crippen MR) is 122 cm³/mol. The largest absolute Gasteiger partial charge is 0.368 e. The van der Waals surface area contributed by atoms with E-state index in [9.17, 15) is 4.79 Å². The first-order valence-electron chi connectivity index (χ1n) is 11.0. The van der Waals surface area contributed by atoms with Gasteiger partial charge in [0.05, 0.1) is 0 Å². The van der Waals surface area contributed by atoms with E-state index in [1.807, 2.05) is 30.5 Å². The second-order valence-electron chi connectivity index (χ2n) is 8.33. The summed E-state index contributed by atoms with van der Waals surface area (Å²) in [6.45, 7) is 3.76. The fraction of sp³-hybridized carbons (Fsp3) is 0.360. The molecule has 1 saturated heterocycles. The minimum Gasteiger partial charge on any atom is -0.368 e. The van der Waals surface area contributed by atoms with E-state index in [4.69, 9.17) is 4.98 Å². The van der Waals surface area contributed by atoms with Gasteiger partial charge in [-0.15, -0.1) is 0 Å². The van der Waals surface area contributed by atoms with Crippen LogP contribution in [0.5, 0.6) is 0 Å². The third-order valence-corrected chi connectivity index (χ3v) is 6.40. The van der Waals surface area contributed by atoms with E-state index < -0.39 is 0 Å². The van der Waals surface area contributed by atoms with E-state index in [1.54, 1.807) is 0 Å². The van der Waals surface area contributed by atoms with Gasteiger partial charge in [-0.05, 0) is 48.6 Å². The summed E-state index contributed by atoms with van der Waals surface area (Å²) in [7, 11) is 0. The van der Waals surface area contributed by atoms with Crippen LogP contribution in [0.15, 0.2) is 60.8 Å². The van der Waals surface area contributed by atoms with Gasteiger partial charge in [0.25, 0.3) is 5.91 Å². The molecule has 0 radical (unpaired) electrons. The lowest BCUT2D eigenvalue weighted by atomic mass is 10.1. The number of amides is 1. The molecular formula is C25H28N4O. The standard InChI is InChI=1S/C25H28N4O/c30-25(27-21-6-4-5-7-21)20-11-10-19-12-13-26-24(23(19)18-20)29-16-14-28(15-17-29)22-8-2-1-3-9-22/h1-3,8-13,18,21H,4-7,14-17H2,(H,27,30). The van der Waals surface area contributed by atoms with Gasteiger partial charge in [0, 0.05) is 55.1 Å². The van der Waals surface area contributed by atoms with Crippen LogP contribution in [0.25, 0.3) is 10.8 Å². The molecule has 1 aromatic heterocycles. The maximum atomic E-state index is 12.8. The zero-order chi connectivity index (χ0) is 20.3. The second-order valence-corrected chi connectivity index (χ2v) is 8.33. The predicted octanol–water partition coefficient (Wildman–Crippen LogP) is 4.23. The number of fused-ring (bicyclic) bond motifs is 1. The van der Waals surface area contributed by atoms with Gasteiger partial charge >= 0.3 is 0 Å². The third-order valence-electron chi connectivity index (χ3n) is 6.40. The van der Waals surface area contributed by atoms with Crippen molar-refractivity contribution in [1.29, 1.82) is 0 Å².